The highest BCUT2D eigenvalue weighted by Crippen LogP contribution is 2.28. The van der Waals surface area contributed by atoms with Crippen molar-refractivity contribution in [3.8, 4) is 5.75 Å². The zero-order chi connectivity index (χ0) is 13.4. The first-order chi connectivity index (χ1) is 8.69. The lowest BCUT2D eigenvalue weighted by Gasteiger charge is -2.13. The summed E-state index contributed by atoms with van der Waals surface area (Å²) in [6.07, 6.45) is 2.87. The van der Waals surface area contributed by atoms with Crippen LogP contribution in [0.5, 0.6) is 5.75 Å². The quantitative estimate of drug-likeness (QED) is 0.610. The molecule has 0 amide bonds. The first-order valence-electron chi connectivity index (χ1n) is 6.23. The number of anilines is 2. The number of hydrogen-bond acceptors (Lipinski definition) is 6. The van der Waals surface area contributed by atoms with Crippen molar-refractivity contribution in [3.63, 3.8) is 0 Å². The topological polar surface area (TPSA) is 79.3 Å². The van der Waals surface area contributed by atoms with E-state index in [-0.39, 0.29) is 6.10 Å². The molecule has 1 rings (SSSR count). The Morgan fingerprint density at radius 2 is 2.00 bits per heavy atom. The smallest absolute Gasteiger partial charge is 0.204 e. The molecule has 0 saturated heterocycles. The van der Waals surface area contributed by atoms with E-state index < -0.39 is 0 Å². The molecule has 6 nitrogen and oxygen atoms in total. The van der Waals surface area contributed by atoms with Crippen molar-refractivity contribution >= 4 is 11.6 Å². The standard InChI is InChI=1S/C12H22N4O2/c1-4-13-11-10(18-3)12(16-8-15-11)14-7-5-6-9(2)17/h8-9,17H,4-7H2,1-3H3,(H2,13,14,15,16). The van der Waals surface area contributed by atoms with E-state index in [2.05, 4.69) is 20.6 Å². The Labute approximate surface area is 108 Å². The molecule has 18 heavy (non-hydrogen) atoms. The van der Waals surface area contributed by atoms with E-state index in [1.165, 1.54) is 6.33 Å². The zero-order valence-corrected chi connectivity index (χ0v) is 11.2. The molecule has 0 radical (unpaired) electrons. The van der Waals surface area contributed by atoms with Gasteiger partial charge in [-0.05, 0) is 26.7 Å². The van der Waals surface area contributed by atoms with Crippen LogP contribution in [0.3, 0.4) is 0 Å². The molecule has 0 saturated carbocycles. The van der Waals surface area contributed by atoms with Crippen LogP contribution in [0.4, 0.5) is 11.6 Å². The molecule has 0 aliphatic heterocycles. The largest absolute Gasteiger partial charge is 0.490 e. The van der Waals surface area contributed by atoms with Crippen LogP contribution in [0.2, 0.25) is 0 Å². The minimum atomic E-state index is -0.267. The van der Waals surface area contributed by atoms with Gasteiger partial charge < -0.3 is 20.5 Å². The van der Waals surface area contributed by atoms with Crippen molar-refractivity contribution in [1.29, 1.82) is 0 Å². The molecule has 6 heteroatoms. The Kier molecular flexibility index (Phi) is 6.21. The maximum atomic E-state index is 9.18. The number of nitrogens with one attached hydrogen (secondary N) is 2. The van der Waals surface area contributed by atoms with Crippen molar-refractivity contribution in [2.75, 3.05) is 30.8 Å². The predicted molar refractivity (Wildman–Crippen MR) is 72.2 cm³/mol. The Morgan fingerprint density at radius 3 is 2.56 bits per heavy atom. The van der Waals surface area contributed by atoms with Crippen molar-refractivity contribution in [2.45, 2.75) is 32.8 Å². The summed E-state index contributed by atoms with van der Waals surface area (Å²) < 4.78 is 5.31. The predicted octanol–water partition coefficient (Wildman–Crippen LogP) is 1.49. The first-order valence-corrected chi connectivity index (χ1v) is 6.23. The second-order valence-electron chi connectivity index (χ2n) is 4.05. The van der Waals surface area contributed by atoms with Crippen molar-refractivity contribution in [1.82, 2.24) is 9.97 Å². The molecule has 0 aliphatic rings. The highest BCUT2D eigenvalue weighted by molar-refractivity contribution is 5.63. The fraction of sp³-hybridized carbons (Fsp3) is 0.667. The summed E-state index contributed by atoms with van der Waals surface area (Å²) in [4.78, 5) is 8.29. The Hall–Kier alpha value is -1.56. The van der Waals surface area contributed by atoms with Gasteiger partial charge in [-0.3, -0.25) is 0 Å². The van der Waals surface area contributed by atoms with Gasteiger partial charge in [0, 0.05) is 13.1 Å². The highest BCUT2D eigenvalue weighted by atomic mass is 16.5. The lowest BCUT2D eigenvalue weighted by Crippen LogP contribution is -2.10. The lowest BCUT2D eigenvalue weighted by molar-refractivity contribution is 0.183. The van der Waals surface area contributed by atoms with Gasteiger partial charge in [0.1, 0.15) is 6.33 Å². The van der Waals surface area contributed by atoms with Gasteiger partial charge in [-0.25, -0.2) is 9.97 Å². The second kappa shape index (κ2) is 7.71. The van der Waals surface area contributed by atoms with Crippen LogP contribution < -0.4 is 15.4 Å². The Morgan fingerprint density at radius 1 is 1.33 bits per heavy atom. The number of rotatable bonds is 8. The minimum absolute atomic E-state index is 0.267. The van der Waals surface area contributed by atoms with Crippen LogP contribution in [0.1, 0.15) is 26.7 Å². The molecule has 1 heterocycles. The summed E-state index contributed by atoms with van der Waals surface area (Å²) in [6, 6.07) is 0. The number of ether oxygens (including phenoxy) is 1. The van der Waals surface area contributed by atoms with Gasteiger partial charge in [-0.2, -0.15) is 0 Å². The van der Waals surface area contributed by atoms with Gasteiger partial charge in [-0.15, -0.1) is 0 Å². The molecule has 1 aromatic rings. The molecule has 1 atom stereocenters. The van der Waals surface area contributed by atoms with Crippen LogP contribution in [-0.4, -0.2) is 41.4 Å². The number of aromatic nitrogens is 2. The van der Waals surface area contributed by atoms with E-state index in [1.54, 1.807) is 14.0 Å². The summed E-state index contributed by atoms with van der Waals surface area (Å²) in [5.41, 5.74) is 0. The SMILES string of the molecule is CCNc1ncnc(NCCCC(C)O)c1OC. The highest BCUT2D eigenvalue weighted by Gasteiger charge is 2.10. The van der Waals surface area contributed by atoms with Crippen LogP contribution in [0.25, 0.3) is 0 Å². The third kappa shape index (κ3) is 4.37. The van der Waals surface area contributed by atoms with Crippen molar-refractivity contribution < 1.29 is 9.84 Å². The van der Waals surface area contributed by atoms with Crippen LogP contribution in [0, 0.1) is 0 Å². The molecule has 102 valence electrons. The normalized spacial score (nSPS) is 12.0. The number of aliphatic hydroxyl groups is 1. The molecule has 0 aliphatic carbocycles. The maximum absolute atomic E-state index is 9.18. The lowest BCUT2D eigenvalue weighted by atomic mass is 10.2. The van der Waals surface area contributed by atoms with E-state index in [4.69, 9.17) is 4.74 Å². The fourth-order valence-electron chi connectivity index (χ4n) is 1.59. The summed E-state index contributed by atoms with van der Waals surface area (Å²) in [7, 11) is 1.60. The molecule has 3 N–H and O–H groups in total. The molecule has 1 aromatic heterocycles. The van der Waals surface area contributed by atoms with Crippen LogP contribution in [-0.2, 0) is 0 Å². The van der Waals surface area contributed by atoms with E-state index in [0.717, 1.165) is 25.9 Å². The van der Waals surface area contributed by atoms with Crippen molar-refractivity contribution in [3.05, 3.63) is 6.33 Å². The molecule has 0 aromatic carbocycles. The van der Waals surface area contributed by atoms with Crippen LogP contribution in [0.15, 0.2) is 6.33 Å². The van der Waals surface area contributed by atoms with Crippen LogP contribution >= 0.6 is 0 Å². The summed E-state index contributed by atoms with van der Waals surface area (Å²) in [6.45, 7) is 5.30. The summed E-state index contributed by atoms with van der Waals surface area (Å²) in [5.74, 6) is 1.98. The number of aliphatic hydroxyl groups excluding tert-OH is 1. The number of nitrogens with zero attached hydrogens (tertiary/aromatic N) is 2. The molecule has 1 unspecified atom stereocenters. The van der Waals surface area contributed by atoms with E-state index in [9.17, 15) is 5.11 Å². The van der Waals surface area contributed by atoms with Crippen molar-refractivity contribution in [2.24, 2.45) is 0 Å². The molecule has 0 spiro atoms. The second-order valence-corrected chi connectivity index (χ2v) is 4.05. The third-order valence-electron chi connectivity index (χ3n) is 2.44. The van der Waals surface area contributed by atoms with Gasteiger partial charge >= 0.3 is 0 Å². The molecular formula is C12H22N4O2. The number of hydrogen-bond donors (Lipinski definition) is 3. The molecule has 0 fully saturated rings. The zero-order valence-electron chi connectivity index (χ0n) is 11.2. The summed E-state index contributed by atoms with van der Waals surface area (Å²) >= 11 is 0. The average Bonchev–Trinajstić information content (AvgIpc) is 2.35. The van der Waals surface area contributed by atoms with Gasteiger partial charge in [0.05, 0.1) is 13.2 Å². The van der Waals surface area contributed by atoms with Gasteiger partial charge in [-0.1, -0.05) is 0 Å². The molecular weight excluding hydrogens is 232 g/mol. The van der Waals surface area contributed by atoms with Gasteiger partial charge in [0.15, 0.2) is 11.6 Å². The monoisotopic (exact) mass is 254 g/mol. The number of methoxy groups -OCH3 is 1. The maximum Gasteiger partial charge on any atom is 0.204 e. The van der Waals surface area contributed by atoms with E-state index in [0.29, 0.717) is 17.4 Å². The third-order valence-corrected chi connectivity index (χ3v) is 2.44. The average molecular weight is 254 g/mol. The fourth-order valence-corrected chi connectivity index (χ4v) is 1.59. The van der Waals surface area contributed by atoms with E-state index in [1.807, 2.05) is 6.92 Å². The summed E-state index contributed by atoms with van der Waals surface area (Å²) in [5, 5.41) is 15.5. The Balaban J connectivity index is 2.61. The van der Waals surface area contributed by atoms with E-state index >= 15 is 0 Å². The first kappa shape index (κ1) is 14.5. The van der Waals surface area contributed by atoms with Gasteiger partial charge in [0.2, 0.25) is 5.75 Å². The minimum Gasteiger partial charge on any atom is -0.490 e. The van der Waals surface area contributed by atoms with Gasteiger partial charge in [0.25, 0.3) is 0 Å². The Bertz CT molecular complexity index is 358. The molecule has 0 bridgehead atoms.